The largest absolute Gasteiger partial charge is 0.485 e. The van der Waals surface area contributed by atoms with Crippen LogP contribution < -0.4 is 15.4 Å². The van der Waals surface area contributed by atoms with Crippen molar-refractivity contribution < 1.29 is 23.8 Å². The van der Waals surface area contributed by atoms with Gasteiger partial charge in [-0.05, 0) is 42.6 Å². The summed E-state index contributed by atoms with van der Waals surface area (Å²) in [5.74, 6) is -0.106. The topological polar surface area (TPSA) is 115 Å². The average Bonchev–Trinajstić information content (AvgIpc) is 3.27. The zero-order valence-corrected chi connectivity index (χ0v) is 15.6. The van der Waals surface area contributed by atoms with Crippen molar-refractivity contribution in [1.29, 1.82) is 5.41 Å². The van der Waals surface area contributed by atoms with Crippen molar-refractivity contribution in [2.24, 2.45) is 5.73 Å². The minimum Gasteiger partial charge on any atom is -0.485 e. The maximum absolute atomic E-state index is 12.2. The molecule has 3 rings (SSSR count). The molecule has 8 nitrogen and oxygen atoms in total. The van der Waals surface area contributed by atoms with Crippen molar-refractivity contribution >= 4 is 34.9 Å². The third-order valence-electron chi connectivity index (χ3n) is 4.16. The second-order valence-electron chi connectivity index (χ2n) is 5.92. The second-order valence-corrected chi connectivity index (χ2v) is 6.84. The van der Waals surface area contributed by atoms with Crippen molar-refractivity contribution in [3.63, 3.8) is 0 Å². The zero-order chi connectivity index (χ0) is 19.6. The predicted octanol–water partition coefficient (Wildman–Crippen LogP) is 2.61. The summed E-state index contributed by atoms with van der Waals surface area (Å²) in [5.41, 5.74) is 6.66. The molecule has 0 radical (unpaired) electrons. The number of hydrogen-bond donors (Lipinski definition) is 2. The van der Waals surface area contributed by atoms with Crippen molar-refractivity contribution in [2.45, 2.75) is 19.1 Å². The first-order valence-electron chi connectivity index (χ1n) is 8.15. The van der Waals surface area contributed by atoms with Gasteiger partial charge in [-0.25, -0.2) is 9.59 Å². The van der Waals surface area contributed by atoms with E-state index in [0.717, 1.165) is 0 Å². The Morgan fingerprint density at radius 2 is 2.07 bits per heavy atom. The maximum atomic E-state index is 12.2. The number of nitrogens with zero attached hydrogens (tertiary/aromatic N) is 1. The molecule has 0 saturated carbocycles. The number of amidine groups is 1. The summed E-state index contributed by atoms with van der Waals surface area (Å²) in [5, 5.41) is 9.16. The number of carbonyl (C=O) groups excluding carboxylic acids is 2. The molecule has 1 aliphatic rings. The lowest BCUT2D eigenvalue weighted by atomic mass is 10.1. The smallest absolute Gasteiger partial charge is 0.414 e. The van der Waals surface area contributed by atoms with Gasteiger partial charge < -0.3 is 19.9 Å². The number of ether oxygens (including phenoxy) is 3. The first-order valence-corrected chi connectivity index (χ1v) is 9.03. The number of esters is 1. The number of hydrogen-bond acceptors (Lipinski definition) is 7. The molecule has 0 bridgehead atoms. The number of cyclic esters (lactones) is 1. The lowest BCUT2D eigenvalue weighted by Gasteiger charge is -2.19. The molecule has 1 aromatic heterocycles. The van der Waals surface area contributed by atoms with E-state index in [1.165, 1.54) is 23.3 Å². The van der Waals surface area contributed by atoms with Crippen molar-refractivity contribution in [3.05, 3.63) is 46.2 Å². The Labute approximate surface area is 159 Å². The van der Waals surface area contributed by atoms with Gasteiger partial charge in [-0.3, -0.25) is 10.3 Å². The fourth-order valence-electron chi connectivity index (χ4n) is 2.67. The molecule has 27 heavy (non-hydrogen) atoms. The van der Waals surface area contributed by atoms with E-state index >= 15 is 0 Å². The molecule has 2 aromatic rings. The van der Waals surface area contributed by atoms with E-state index in [1.807, 2.05) is 0 Å². The molecule has 0 aliphatic carbocycles. The number of carbonyl (C=O) groups is 2. The normalized spacial score (nSPS) is 17.3. The van der Waals surface area contributed by atoms with Crippen LogP contribution in [-0.2, 0) is 9.47 Å². The molecule has 1 amide bonds. The van der Waals surface area contributed by atoms with E-state index in [4.69, 9.17) is 25.4 Å². The summed E-state index contributed by atoms with van der Waals surface area (Å²) in [7, 11) is 1.31. The molecule has 1 fully saturated rings. The van der Waals surface area contributed by atoms with Crippen LogP contribution in [0, 0.1) is 5.41 Å². The van der Waals surface area contributed by atoms with Gasteiger partial charge in [0.05, 0.1) is 13.7 Å². The highest BCUT2D eigenvalue weighted by Gasteiger charge is 2.37. The molecule has 3 N–H and O–H groups in total. The SMILES string of the molecule is COC(=O)c1sccc1OC(C)C1CN(c2ccc(C(=N)N)cc2)C(=O)O1. The first-order chi connectivity index (χ1) is 12.9. The first kappa shape index (κ1) is 18.7. The maximum Gasteiger partial charge on any atom is 0.414 e. The fraction of sp³-hybridized carbons (Fsp3) is 0.278. The van der Waals surface area contributed by atoms with Gasteiger partial charge >= 0.3 is 12.1 Å². The lowest BCUT2D eigenvalue weighted by Crippen LogP contribution is -2.33. The van der Waals surface area contributed by atoms with Gasteiger partial charge in [0.1, 0.15) is 17.7 Å². The summed E-state index contributed by atoms with van der Waals surface area (Å²) >= 11 is 1.22. The van der Waals surface area contributed by atoms with Crippen LogP contribution in [-0.4, -0.2) is 43.8 Å². The second kappa shape index (κ2) is 7.67. The highest BCUT2D eigenvalue weighted by molar-refractivity contribution is 7.12. The minimum atomic E-state index is -0.504. The number of rotatable bonds is 6. The van der Waals surface area contributed by atoms with Gasteiger partial charge in [0, 0.05) is 11.3 Å². The highest BCUT2D eigenvalue weighted by Crippen LogP contribution is 2.29. The van der Waals surface area contributed by atoms with E-state index in [0.29, 0.717) is 28.4 Å². The van der Waals surface area contributed by atoms with Crippen LogP contribution in [0.15, 0.2) is 35.7 Å². The molecule has 1 aromatic carbocycles. The molecular weight excluding hydrogens is 370 g/mol. The van der Waals surface area contributed by atoms with Crippen molar-refractivity contribution in [1.82, 2.24) is 0 Å². The fourth-order valence-corrected chi connectivity index (χ4v) is 3.41. The van der Waals surface area contributed by atoms with Gasteiger partial charge in [-0.15, -0.1) is 11.3 Å². The number of anilines is 1. The third-order valence-corrected chi connectivity index (χ3v) is 5.04. The summed E-state index contributed by atoms with van der Waals surface area (Å²) in [4.78, 5) is 25.9. The summed E-state index contributed by atoms with van der Waals surface area (Å²) in [6.07, 6.45) is -1.45. The van der Waals surface area contributed by atoms with Gasteiger partial charge in [-0.2, -0.15) is 0 Å². The number of amides is 1. The lowest BCUT2D eigenvalue weighted by molar-refractivity contribution is 0.0522. The third kappa shape index (κ3) is 3.87. The van der Waals surface area contributed by atoms with Crippen LogP contribution in [0.3, 0.4) is 0 Å². The molecule has 2 atom stereocenters. The molecular formula is C18H19N3O5S. The van der Waals surface area contributed by atoms with E-state index in [2.05, 4.69) is 0 Å². The molecule has 142 valence electrons. The molecule has 1 saturated heterocycles. The average molecular weight is 389 g/mol. The number of thiophene rings is 1. The van der Waals surface area contributed by atoms with Crippen LogP contribution >= 0.6 is 11.3 Å². The van der Waals surface area contributed by atoms with Crippen LogP contribution in [0.25, 0.3) is 0 Å². The van der Waals surface area contributed by atoms with Gasteiger partial charge in [-0.1, -0.05) is 0 Å². The van der Waals surface area contributed by atoms with E-state index in [-0.39, 0.29) is 5.84 Å². The predicted molar refractivity (Wildman–Crippen MR) is 101 cm³/mol. The Bertz CT molecular complexity index is 864. The number of nitrogens with two attached hydrogens (primary N) is 1. The van der Waals surface area contributed by atoms with E-state index in [9.17, 15) is 9.59 Å². The van der Waals surface area contributed by atoms with Gasteiger partial charge in [0.2, 0.25) is 0 Å². The Kier molecular flexibility index (Phi) is 5.31. The summed E-state index contributed by atoms with van der Waals surface area (Å²) in [6, 6.07) is 8.45. The standard InChI is InChI=1S/C18H19N3O5S/c1-10(25-13-7-8-27-15(13)17(22)24-2)14-9-21(18(23)26-14)12-5-3-11(4-6-12)16(19)20/h3-8,10,14H,9H2,1-2H3,(H3,19,20). The molecule has 0 spiro atoms. The number of methoxy groups -OCH3 is 1. The quantitative estimate of drug-likeness (QED) is 0.446. The number of benzene rings is 1. The summed E-state index contributed by atoms with van der Waals surface area (Å²) < 4.78 is 16.0. The minimum absolute atomic E-state index is 0.0392. The Hall–Kier alpha value is -3.07. The van der Waals surface area contributed by atoms with Crippen molar-refractivity contribution in [3.8, 4) is 5.75 Å². The molecule has 9 heteroatoms. The Morgan fingerprint density at radius 1 is 1.37 bits per heavy atom. The number of nitrogen functional groups attached to an aromatic ring is 1. The van der Waals surface area contributed by atoms with Gasteiger partial charge in [0.25, 0.3) is 0 Å². The molecule has 2 heterocycles. The van der Waals surface area contributed by atoms with E-state index < -0.39 is 24.3 Å². The van der Waals surface area contributed by atoms with E-state index in [1.54, 1.807) is 42.6 Å². The molecule has 2 unspecified atom stereocenters. The monoisotopic (exact) mass is 389 g/mol. The Balaban J connectivity index is 1.69. The van der Waals surface area contributed by atoms with Crippen LogP contribution in [0.4, 0.5) is 10.5 Å². The molecule has 1 aliphatic heterocycles. The van der Waals surface area contributed by atoms with Crippen molar-refractivity contribution in [2.75, 3.05) is 18.6 Å². The number of nitrogens with one attached hydrogen (secondary N) is 1. The summed E-state index contributed by atoms with van der Waals surface area (Å²) in [6.45, 7) is 2.08. The van der Waals surface area contributed by atoms with Crippen LogP contribution in [0.1, 0.15) is 22.2 Å². The van der Waals surface area contributed by atoms with Crippen LogP contribution in [0.5, 0.6) is 5.75 Å². The Morgan fingerprint density at radius 3 is 2.70 bits per heavy atom. The van der Waals surface area contributed by atoms with Crippen LogP contribution in [0.2, 0.25) is 0 Å². The highest BCUT2D eigenvalue weighted by atomic mass is 32.1. The van der Waals surface area contributed by atoms with Gasteiger partial charge in [0.15, 0.2) is 11.0 Å². The zero-order valence-electron chi connectivity index (χ0n) is 14.8.